The van der Waals surface area contributed by atoms with Crippen molar-refractivity contribution in [3.05, 3.63) is 60.0 Å². The maximum absolute atomic E-state index is 5.60. The molecule has 0 unspecified atom stereocenters. The van der Waals surface area contributed by atoms with E-state index in [0.717, 1.165) is 30.0 Å². The van der Waals surface area contributed by atoms with E-state index >= 15 is 0 Å². The molecule has 0 aliphatic carbocycles. The smallest absolute Gasteiger partial charge is 0.241 e. The van der Waals surface area contributed by atoms with Crippen LogP contribution in [-0.2, 0) is 6.54 Å². The Morgan fingerprint density at radius 2 is 1.83 bits per heavy atom. The van der Waals surface area contributed by atoms with Crippen molar-refractivity contribution in [2.24, 2.45) is 0 Å². The summed E-state index contributed by atoms with van der Waals surface area (Å²) >= 11 is 0. The van der Waals surface area contributed by atoms with Crippen LogP contribution in [0.2, 0.25) is 0 Å². The minimum absolute atomic E-state index is 0.338. The maximum Gasteiger partial charge on any atom is 0.241 e. The van der Waals surface area contributed by atoms with E-state index in [1.807, 2.05) is 36.4 Å². The van der Waals surface area contributed by atoms with Crippen molar-refractivity contribution in [2.75, 3.05) is 20.8 Å². The number of nitrogens with zero attached hydrogens (tertiary/aromatic N) is 3. The Balaban J connectivity index is 1.55. The van der Waals surface area contributed by atoms with Crippen LogP contribution >= 0.6 is 0 Å². The first-order valence-electron chi connectivity index (χ1n) is 10.1. The van der Waals surface area contributed by atoms with Gasteiger partial charge in [-0.15, -0.1) is 0 Å². The second-order valence-corrected chi connectivity index (χ2v) is 7.32. The van der Waals surface area contributed by atoms with Gasteiger partial charge in [0.2, 0.25) is 11.7 Å². The van der Waals surface area contributed by atoms with Gasteiger partial charge in [0.05, 0.1) is 26.3 Å². The topological polar surface area (TPSA) is 60.6 Å². The Kier molecular flexibility index (Phi) is 6.10. The van der Waals surface area contributed by atoms with Gasteiger partial charge in [0.15, 0.2) is 0 Å². The highest BCUT2D eigenvalue weighted by atomic mass is 16.5. The molecule has 152 valence electrons. The molecule has 1 atom stereocenters. The Labute approximate surface area is 171 Å². The number of methoxy groups -OCH3 is 2. The quantitative estimate of drug-likeness (QED) is 0.595. The molecule has 1 aliphatic rings. The molecule has 0 amide bonds. The van der Waals surface area contributed by atoms with E-state index in [1.54, 1.807) is 14.2 Å². The first kappa shape index (κ1) is 19.5. The molecule has 1 fully saturated rings. The zero-order valence-electron chi connectivity index (χ0n) is 17.0. The molecule has 0 saturated carbocycles. The van der Waals surface area contributed by atoms with Crippen LogP contribution in [0.25, 0.3) is 11.4 Å². The Bertz CT molecular complexity index is 923. The van der Waals surface area contributed by atoms with Gasteiger partial charge >= 0.3 is 0 Å². The third-order valence-corrected chi connectivity index (χ3v) is 5.52. The highest BCUT2D eigenvalue weighted by molar-refractivity contribution is 5.63. The lowest BCUT2D eigenvalue weighted by Crippen LogP contribution is -2.28. The number of ether oxygens (including phenoxy) is 2. The van der Waals surface area contributed by atoms with Gasteiger partial charge in [-0.25, -0.2) is 0 Å². The van der Waals surface area contributed by atoms with Crippen molar-refractivity contribution in [2.45, 2.75) is 38.3 Å². The number of aromatic nitrogens is 2. The summed E-state index contributed by atoms with van der Waals surface area (Å²) in [6.07, 6.45) is 4.78. The second-order valence-electron chi connectivity index (χ2n) is 7.32. The number of hydrogen-bond acceptors (Lipinski definition) is 6. The van der Waals surface area contributed by atoms with Gasteiger partial charge in [-0.3, -0.25) is 4.90 Å². The molecule has 0 radical (unpaired) electrons. The van der Waals surface area contributed by atoms with E-state index in [0.29, 0.717) is 24.3 Å². The van der Waals surface area contributed by atoms with E-state index in [1.165, 1.54) is 24.8 Å². The number of likely N-dealkylation sites (tertiary alicyclic amines) is 1. The summed E-state index contributed by atoms with van der Waals surface area (Å²) < 4.78 is 16.3. The fourth-order valence-electron chi connectivity index (χ4n) is 3.99. The highest BCUT2D eigenvalue weighted by Crippen LogP contribution is 2.33. The summed E-state index contributed by atoms with van der Waals surface area (Å²) in [7, 11) is 3.35. The van der Waals surface area contributed by atoms with Crippen molar-refractivity contribution in [1.29, 1.82) is 0 Å². The average molecular weight is 393 g/mol. The predicted molar refractivity (Wildman–Crippen MR) is 111 cm³/mol. The zero-order valence-corrected chi connectivity index (χ0v) is 17.0. The molecule has 6 heteroatoms. The normalized spacial score (nSPS) is 17.7. The molecule has 1 saturated heterocycles. The lowest BCUT2D eigenvalue weighted by molar-refractivity contribution is 0.168. The van der Waals surface area contributed by atoms with Gasteiger partial charge in [0, 0.05) is 6.04 Å². The van der Waals surface area contributed by atoms with Crippen molar-refractivity contribution < 1.29 is 14.0 Å². The van der Waals surface area contributed by atoms with E-state index < -0.39 is 0 Å². The number of benzene rings is 2. The lowest BCUT2D eigenvalue weighted by Gasteiger charge is -2.29. The third kappa shape index (κ3) is 4.43. The first-order valence-corrected chi connectivity index (χ1v) is 10.1. The van der Waals surface area contributed by atoms with E-state index in [2.05, 4.69) is 27.2 Å². The van der Waals surface area contributed by atoms with Crippen molar-refractivity contribution in [3.63, 3.8) is 0 Å². The molecular weight excluding hydrogens is 366 g/mol. The monoisotopic (exact) mass is 393 g/mol. The summed E-state index contributed by atoms with van der Waals surface area (Å²) in [5.41, 5.74) is 2.14. The van der Waals surface area contributed by atoms with Crippen LogP contribution in [0.1, 0.15) is 43.2 Å². The SMILES string of the molecule is COc1ccc([C@H]2CCCCCN2Cc2nc(-c3ccccc3OC)no2)cc1. The molecule has 0 N–H and O–H groups in total. The first-order chi connectivity index (χ1) is 14.3. The van der Waals surface area contributed by atoms with Gasteiger partial charge < -0.3 is 14.0 Å². The summed E-state index contributed by atoms with van der Waals surface area (Å²) in [4.78, 5) is 7.10. The van der Waals surface area contributed by atoms with Crippen LogP contribution in [0.3, 0.4) is 0 Å². The number of hydrogen-bond donors (Lipinski definition) is 0. The van der Waals surface area contributed by atoms with Gasteiger partial charge in [-0.05, 0) is 49.2 Å². The average Bonchev–Trinajstić information content (AvgIpc) is 3.11. The van der Waals surface area contributed by atoms with Crippen LogP contribution in [-0.4, -0.2) is 35.8 Å². The summed E-state index contributed by atoms with van der Waals surface area (Å²) in [6, 6.07) is 16.5. The maximum atomic E-state index is 5.60. The molecule has 3 aromatic rings. The molecule has 6 nitrogen and oxygen atoms in total. The van der Waals surface area contributed by atoms with Gasteiger partial charge in [-0.2, -0.15) is 4.98 Å². The Hall–Kier alpha value is -2.86. The van der Waals surface area contributed by atoms with Crippen LogP contribution in [0.15, 0.2) is 53.1 Å². The fraction of sp³-hybridized carbons (Fsp3) is 0.391. The van der Waals surface area contributed by atoms with E-state index in [-0.39, 0.29) is 0 Å². The molecule has 1 aliphatic heterocycles. The molecular formula is C23H27N3O3. The molecule has 0 spiro atoms. The van der Waals surface area contributed by atoms with Gasteiger partial charge in [0.1, 0.15) is 11.5 Å². The predicted octanol–water partition coefficient (Wildman–Crippen LogP) is 4.87. The zero-order chi connectivity index (χ0) is 20.1. The van der Waals surface area contributed by atoms with Crippen LogP contribution in [0, 0.1) is 0 Å². The van der Waals surface area contributed by atoms with Gasteiger partial charge in [0.25, 0.3) is 0 Å². The number of para-hydroxylation sites is 1. The lowest BCUT2D eigenvalue weighted by atomic mass is 10.0. The standard InChI is InChI=1S/C23H27N3O3/c1-27-18-13-11-17(12-14-18)20-9-4-3-7-15-26(20)16-22-24-23(25-29-22)19-8-5-6-10-21(19)28-2/h5-6,8,10-14,20H,3-4,7,9,15-16H2,1-2H3/t20-/m1/s1. The largest absolute Gasteiger partial charge is 0.497 e. The van der Waals surface area contributed by atoms with E-state index in [4.69, 9.17) is 14.0 Å². The van der Waals surface area contributed by atoms with Crippen molar-refractivity contribution in [3.8, 4) is 22.9 Å². The summed E-state index contributed by atoms with van der Waals surface area (Å²) in [5, 5.41) is 4.20. The van der Waals surface area contributed by atoms with Crippen LogP contribution < -0.4 is 9.47 Å². The third-order valence-electron chi connectivity index (χ3n) is 5.52. The molecule has 29 heavy (non-hydrogen) atoms. The van der Waals surface area contributed by atoms with Crippen molar-refractivity contribution in [1.82, 2.24) is 15.0 Å². The molecule has 0 bridgehead atoms. The highest BCUT2D eigenvalue weighted by Gasteiger charge is 2.25. The molecule has 2 aromatic carbocycles. The van der Waals surface area contributed by atoms with E-state index in [9.17, 15) is 0 Å². The summed E-state index contributed by atoms with van der Waals surface area (Å²) in [6.45, 7) is 1.65. The van der Waals surface area contributed by atoms with Crippen LogP contribution in [0.4, 0.5) is 0 Å². The second kappa shape index (κ2) is 9.09. The number of rotatable bonds is 6. The Morgan fingerprint density at radius 3 is 2.62 bits per heavy atom. The van der Waals surface area contributed by atoms with Gasteiger partial charge in [-0.1, -0.05) is 42.3 Å². The fourth-order valence-corrected chi connectivity index (χ4v) is 3.99. The minimum atomic E-state index is 0.338. The van der Waals surface area contributed by atoms with Crippen LogP contribution in [0.5, 0.6) is 11.5 Å². The van der Waals surface area contributed by atoms with Crippen molar-refractivity contribution >= 4 is 0 Å². The molecule has 2 heterocycles. The summed E-state index contributed by atoms with van der Waals surface area (Å²) in [5.74, 6) is 2.82. The molecule has 4 rings (SSSR count). The Morgan fingerprint density at radius 1 is 1.00 bits per heavy atom. The minimum Gasteiger partial charge on any atom is -0.497 e. The molecule has 1 aromatic heterocycles.